The Balaban J connectivity index is 1.50. The molecule has 2 atom stereocenters. The third-order valence-corrected chi connectivity index (χ3v) is 5.91. The van der Waals surface area contributed by atoms with Crippen molar-refractivity contribution in [1.82, 2.24) is 10.2 Å². The van der Waals surface area contributed by atoms with E-state index in [2.05, 4.69) is 21.2 Å². The fourth-order valence-electron chi connectivity index (χ4n) is 3.04. The molecule has 1 aliphatic heterocycles. The molecule has 2 aliphatic rings. The Labute approximate surface area is 146 Å². The molecule has 7 heteroatoms. The van der Waals surface area contributed by atoms with Crippen LogP contribution in [0, 0.1) is 11.8 Å². The number of fused-ring (bicyclic) bond motifs is 1. The van der Waals surface area contributed by atoms with Gasteiger partial charge in [0.05, 0.1) is 15.6 Å². The molecule has 0 saturated carbocycles. The summed E-state index contributed by atoms with van der Waals surface area (Å²) in [5.74, 6) is -1.25. The van der Waals surface area contributed by atoms with E-state index in [4.69, 9.17) is 0 Å². The highest BCUT2D eigenvalue weighted by molar-refractivity contribution is 9.11. The average Bonchev–Trinajstić information content (AvgIpc) is 3.05. The van der Waals surface area contributed by atoms with E-state index in [-0.39, 0.29) is 36.1 Å². The lowest BCUT2D eigenvalue weighted by Gasteiger charge is -2.14. The van der Waals surface area contributed by atoms with Gasteiger partial charge in [0, 0.05) is 11.4 Å². The van der Waals surface area contributed by atoms with Crippen molar-refractivity contribution in [3.8, 4) is 0 Å². The summed E-state index contributed by atoms with van der Waals surface area (Å²) in [7, 11) is 0. The lowest BCUT2D eigenvalue weighted by Crippen LogP contribution is -2.41. The third-order valence-electron chi connectivity index (χ3n) is 4.22. The van der Waals surface area contributed by atoms with Gasteiger partial charge >= 0.3 is 0 Å². The second-order valence-corrected chi connectivity index (χ2v) is 8.27. The summed E-state index contributed by atoms with van der Waals surface area (Å²) >= 11 is 5.03. The molecule has 5 nitrogen and oxygen atoms in total. The zero-order chi connectivity index (χ0) is 16.4. The Kier molecular flexibility index (Phi) is 4.96. The Morgan fingerprint density at radius 2 is 1.87 bits per heavy atom. The molecule has 0 spiro atoms. The van der Waals surface area contributed by atoms with Gasteiger partial charge in [0.1, 0.15) is 6.54 Å². The summed E-state index contributed by atoms with van der Waals surface area (Å²) in [5, 5.41) is 2.78. The zero-order valence-electron chi connectivity index (χ0n) is 12.5. The maximum Gasteiger partial charge on any atom is 0.240 e. The van der Waals surface area contributed by atoms with Crippen LogP contribution in [0.5, 0.6) is 0 Å². The van der Waals surface area contributed by atoms with Crippen LogP contribution in [-0.2, 0) is 20.8 Å². The number of nitrogens with zero attached hydrogens (tertiary/aromatic N) is 1. The molecule has 2 unspecified atom stereocenters. The largest absolute Gasteiger partial charge is 0.354 e. The van der Waals surface area contributed by atoms with E-state index in [9.17, 15) is 14.4 Å². The lowest BCUT2D eigenvalue weighted by atomic mass is 9.85. The summed E-state index contributed by atoms with van der Waals surface area (Å²) in [6.45, 7) is 0.329. The molecule has 1 N–H and O–H groups in total. The highest BCUT2D eigenvalue weighted by Crippen LogP contribution is 2.34. The molecule has 122 valence electrons. The highest BCUT2D eigenvalue weighted by atomic mass is 79.9. The first-order chi connectivity index (χ1) is 11.1. The molecular weight excluding hydrogens is 380 g/mol. The Hall–Kier alpha value is -1.47. The summed E-state index contributed by atoms with van der Waals surface area (Å²) < 4.78 is 1.06. The minimum atomic E-state index is -0.283. The van der Waals surface area contributed by atoms with Crippen molar-refractivity contribution < 1.29 is 14.4 Å². The van der Waals surface area contributed by atoms with Gasteiger partial charge in [-0.2, -0.15) is 0 Å². The lowest BCUT2D eigenvalue weighted by molar-refractivity contribution is -0.143. The topological polar surface area (TPSA) is 66.5 Å². The molecule has 2 heterocycles. The molecule has 1 fully saturated rings. The predicted octanol–water partition coefficient (Wildman–Crippen LogP) is 2.12. The number of likely N-dealkylation sites (tertiary alicyclic amines) is 1. The summed E-state index contributed by atoms with van der Waals surface area (Å²) in [5.41, 5.74) is 0. The van der Waals surface area contributed by atoms with Gasteiger partial charge in [-0.15, -0.1) is 11.3 Å². The molecule has 1 saturated heterocycles. The minimum Gasteiger partial charge on any atom is -0.354 e. The number of hydrogen-bond donors (Lipinski definition) is 1. The van der Waals surface area contributed by atoms with E-state index in [1.165, 1.54) is 4.88 Å². The van der Waals surface area contributed by atoms with E-state index in [0.717, 1.165) is 15.1 Å². The quantitative estimate of drug-likeness (QED) is 0.612. The Morgan fingerprint density at radius 1 is 1.22 bits per heavy atom. The number of allylic oxidation sites excluding steroid dienone is 2. The second-order valence-electron chi connectivity index (χ2n) is 5.72. The molecular formula is C16H17BrN2O3S. The monoisotopic (exact) mass is 396 g/mol. The van der Waals surface area contributed by atoms with Crippen LogP contribution in [0.15, 0.2) is 28.1 Å². The fraction of sp³-hybridized carbons (Fsp3) is 0.438. The van der Waals surface area contributed by atoms with Crippen LogP contribution >= 0.6 is 27.3 Å². The number of halogens is 1. The average molecular weight is 397 g/mol. The molecule has 0 bridgehead atoms. The van der Waals surface area contributed by atoms with Gasteiger partial charge in [-0.3, -0.25) is 19.3 Å². The van der Waals surface area contributed by atoms with Crippen molar-refractivity contribution in [3.63, 3.8) is 0 Å². The van der Waals surface area contributed by atoms with Crippen LogP contribution in [-0.4, -0.2) is 35.7 Å². The van der Waals surface area contributed by atoms with Crippen LogP contribution in [0.2, 0.25) is 0 Å². The predicted molar refractivity (Wildman–Crippen MR) is 90.8 cm³/mol. The summed E-state index contributed by atoms with van der Waals surface area (Å²) in [6, 6.07) is 3.98. The molecule has 1 aromatic heterocycles. The Bertz CT molecular complexity index is 644. The van der Waals surface area contributed by atoms with Crippen molar-refractivity contribution in [2.75, 3.05) is 13.1 Å². The van der Waals surface area contributed by atoms with Crippen LogP contribution in [0.3, 0.4) is 0 Å². The maximum atomic E-state index is 12.3. The van der Waals surface area contributed by atoms with Crippen molar-refractivity contribution in [2.24, 2.45) is 11.8 Å². The smallest absolute Gasteiger partial charge is 0.240 e. The van der Waals surface area contributed by atoms with E-state index in [0.29, 0.717) is 19.4 Å². The summed E-state index contributed by atoms with van der Waals surface area (Å²) in [4.78, 5) is 38.8. The molecule has 3 amide bonds. The number of amides is 3. The van der Waals surface area contributed by atoms with Crippen LogP contribution in [0.25, 0.3) is 0 Å². The number of imide groups is 1. The SMILES string of the molecule is O=C(CN1C(=O)C2CC=CCC2C1=O)NCCc1ccc(Br)s1. The number of rotatable bonds is 5. The number of carbonyl (C=O) groups is 3. The zero-order valence-corrected chi connectivity index (χ0v) is 14.9. The fourth-order valence-corrected chi connectivity index (χ4v) is 4.52. The summed E-state index contributed by atoms with van der Waals surface area (Å²) in [6.07, 6.45) is 5.81. The van der Waals surface area contributed by atoms with Gasteiger partial charge in [-0.1, -0.05) is 12.2 Å². The second kappa shape index (κ2) is 6.97. The van der Waals surface area contributed by atoms with Crippen LogP contribution in [0.1, 0.15) is 17.7 Å². The number of hydrogen-bond acceptors (Lipinski definition) is 4. The first-order valence-electron chi connectivity index (χ1n) is 7.57. The third kappa shape index (κ3) is 3.55. The van der Waals surface area contributed by atoms with Gasteiger partial charge < -0.3 is 5.32 Å². The molecule has 1 aliphatic carbocycles. The van der Waals surface area contributed by atoms with Gasteiger partial charge in [-0.05, 0) is 47.3 Å². The molecule has 23 heavy (non-hydrogen) atoms. The maximum absolute atomic E-state index is 12.3. The first-order valence-corrected chi connectivity index (χ1v) is 9.18. The molecule has 0 aromatic carbocycles. The normalized spacial score (nSPS) is 23.3. The van der Waals surface area contributed by atoms with Crippen molar-refractivity contribution >= 4 is 45.0 Å². The van der Waals surface area contributed by atoms with Crippen molar-refractivity contribution in [3.05, 3.63) is 32.9 Å². The minimum absolute atomic E-state index is 0.168. The molecule has 3 rings (SSSR count). The highest BCUT2D eigenvalue weighted by Gasteiger charge is 2.47. The van der Waals surface area contributed by atoms with Crippen LogP contribution < -0.4 is 5.32 Å². The van der Waals surface area contributed by atoms with Crippen molar-refractivity contribution in [2.45, 2.75) is 19.3 Å². The van der Waals surface area contributed by atoms with Crippen LogP contribution in [0.4, 0.5) is 0 Å². The molecule has 0 radical (unpaired) electrons. The van der Waals surface area contributed by atoms with Gasteiger partial charge in [0.2, 0.25) is 17.7 Å². The first kappa shape index (κ1) is 16.4. The number of carbonyl (C=O) groups excluding carboxylic acids is 3. The van der Waals surface area contributed by atoms with Gasteiger partial charge in [-0.25, -0.2) is 0 Å². The number of nitrogens with one attached hydrogen (secondary N) is 1. The van der Waals surface area contributed by atoms with E-state index >= 15 is 0 Å². The number of thiophene rings is 1. The van der Waals surface area contributed by atoms with E-state index < -0.39 is 0 Å². The molecule has 1 aromatic rings. The Morgan fingerprint density at radius 3 is 2.43 bits per heavy atom. The van der Waals surface area contributed by atoms with Crippen molar-refractivity contribution in [1.29, 1.82) is 0 Å². The van der Waals surface area contributed by atoms with Gasteiger partial charge in [0.25, 0.3) is 0 Å². The van der Waals surface area contributed by atoms with E-state index in [1.54, 1.807) is 11.3 Å². The standard InChI is InChI=1S/C16H17BrN2O3S/c17-13-6-5-10(23-13)7-8-18-14(20)9-19-15(21)11-3-1-2-4-12(11)16(19)22/h1-2,5-6,11-12H,3-4,7-9H2,(H,18,20). The van der Waals surface area contributed by atoms with Gasteiger partial charge in [0.15, 0.2) is 0 Å². The van der Waals surface area contributed by atoms with E-state index in [1.807, 2.05) is 24.3 Å².